The number of carbonyl (C=O) groups is 3. The molecular formula is C29H39N3O7S. The van der Waals surface area contributed by atoms with Crippen LogP contribution in [0.15, 0.2) is 53.4 Å². The van der Waals surface area contributed by atoms with Gasteiger partial charge in [-0.1, -0.05) is 36.4 Å². The molecule has 2 aromatic rings. The summed E-state index contributed by atoms with van der Waals surface area (Å²) in [6, 6.07) is 13.0. The number of benzene rings is 2. The number of primary amides is 1. The largest absolute Gasteiger partial charge is 0.444 e. The summed E-state index contributed by atoms with van der Waals surface area (Å²) in [5.74, 6) is -1.24. The number of hydrogen-bond donors (Lipinski definition) is 3. The minimum Gasteiger partial charge on any atom is -0.444 e. The van der Waals surface area contributed by atoms with Crippen molar-refractivity contribution in [3.8, 4) is 11.1 Å². The molecule has 1 aliphatic rings. The molecule has 0 saturated carbocycles. The third-order valence-electron chi connectivity index (χ3n) is 6.70. The highest BCUT2D eigenvalue weighted by atomic mass is 32.2. The van der Waals surface area contributed by atoms with Crippen LogP contribution in [-0.4, -0.2) is 62.0 Å². The van der Waals surface area contributed by atoms with Gasteiger partial charge in [0.2, 0.25) is 11.8 Å². The summed E-state index contributed by atoms with van der Waals surface area (Å²) in [5.41, 5.74) is 6.05. The van der Waals surface area contributed by atoms with Crippen molar-refractivity contribution in [1.29, 1.82) is 0 Å². The number of amides is 3. The second-order valence-electron chi connectivity index (χ2n) is 11.3. The zero-order valence-electron chi connectivity index (χ0n) is 23.7. The van der Waals surface area contributed by atoms with Crippen LogP contribution in [0.5, 0.6) is 0 Å². The Kier molecular flexibility index (Phi) is 9.63. The number of hydrogen-bond acceptors (Lipinski definition) is 7. The van der Waals surface area contributed by atoms with Crippen molar-refractivity contribution >= 4 is 27.7 Å². The Morgan fingerprint density at radius 3 is 1.98 bits per heavy atom. The van der Waals surface area contributed by atoms with Crippen LogP contribution in [0.1, 0.15) is 53.0 Å². The lowest BCUT2D eigenvalue weighted by atomic mass is 9.88. The highest BCUT2D eigenvalue weighted by Crippen LogP contribution is 2.25. The van der Waals surface area contributed by atoms with Gasteiger partial charge in [0.15, 0.2) is 9.84 Å². The first kappa shape index (κ1) is 31.1. The molecule has 4 N–H and O–H groups in total. The summed E-state index contributed by atoms with van der Waals surface area (Å²) in [4.78, 5) is 38.5. The maximum atomic E-state index is 13.4. The molecule has 1 saturated heterocycles. The predicted molar refractivity (Wildman–Crippen MR) is 151 cm³/mol. The van der Waals surface area contributed by atoms with Gasteiger partial charge in [-0.15, -0.1) is 0 Å². The molecule has 0 bridgehead atoms. The molecule has 3 rings (SSSR count). The number of carbonyl (C=O) groups excluding carboxylic acids is 3. The smallest absolute Gasteiger partial charge is 0.408 e. The third kappa shape index (κ3) is 7.82. The van der Waals surface area contributed by atoms with Crippen molar-refractivity contribution in [1.82, 2.24) is 10.6 Å². The van der Waals surface area contributed by atoms with Gasteiger partial charge in [0.05, 0.1) is 10.1 Å². The molecule has 40 heavy (non-hydrogen) atoms. The van der Waals surface area contributed by atoms with E-state index in [2.05, 4.69) is 10.6 Å². The number of nitrogens with two attached hydrogens (primary N) is 1. The first-order chi connectivity index (χ1) is 18.6. The van der Waals surface area contributed by atoms with Gasteiger partial charge in [0.25, 0.3) is 0 Å². The Labute approximate surface area is 235 Å². The fourth-order valence-corrected chi connectivity index (χ4v) is 5.38. The molecule has 1 atom stereocenters. The van der Waals surface area contributed by atoms with Gasteiger partial charge in [-0.3, -0.25) is 9.59 Å². The Hall–Kier alpha value is -3.44. The third-order valence-corrected chi connectivity index (χ3v) is 8.87. The minimum absolute atomic E-state index is 0.145. The summed E-state index contributed by atoms with van der Waals surface area (Å²) >= 11 is 0. The molecule has 1 aliphatic heterocycles. The van der Waals surface area contributed by atoms with E-state index in [4.69, 9.17) is 15.2 Å². The molecule has 1 heterocycles. The van der Waals surface area contributed by atoms with Crippen LogP contribution in [0.3, 0.4) is 0 Å². The van der Waals surface area contributed by atoms with Crippen LogP contribution in [-0.2, 0) is 35.3 Å². The molecule has 0 spiro atoms. The molecule has 0 aliphatic carbocycles. The number of nitrogens with one attached hydrogen (secondary N) is 2. The normalized spacial score (nSPS) is 16.1. The quantitative estimate of drug-likeness (QED) is 0.416. The zero-order chi connectivity index (χ0) is 29.7. The van der Waals surface area contributed by atoms with E-state index in [-0.39, 0.29) is 37.4 Å². The Bertz CT molecular complexity index is 1310. The Balaban J connectivity index is 1.72. The van der Waals surface area contributed by atoms with Crippen molar-refractivity contribution in [2.24, 2.45) is 5.73 Å². The van der Waals surface area contributed by atoms with Gasteiger partial charge in [0, 0.05) is 32.5 Å². The van der Waals surface area contributed by atoms with Crippen molar-refractivity contribution in [2.75, 3.05) is 13.2 Å². The van der Waals surface area contributed by atoms with E-state index in [1.807, 2.05) is 24.3 Å². The monoisotopic (exact) mass is 573 g/mol. The molecule has 0 radical (unpaired) electrons. The summed E-state index contributed by atoms with van der Waals surface area (Å²) in [7, 11) is -3.36. The fraction of sp³-hybridized carbons (Fsp3) is 0.483. The van der Waals surface area contributed by atoms with Crippen LogP contribution < -0.4 is 16.4 Å². The first-order valence-electron chi connectivity index (χ1n) is 13.3. The average Bonchev–Trinajstić information content (AvgIpc) is 2.88. The number of alkyl carbamates (subject to hydrolysis) is 1. The van der Waals surface area contributed by atoms with Crippen molar-refractivity contribution in [3.63, 3.8) is 0 Å². The van der Waals surface area contributed by atoms with E-state index in [9.17, 15) is 22.8 Å². The summed E-state index contributed by atoms with van der Waals surface area (Å²) in [5, 5.41) is 4.91. The topological polar surface area (TPSA) is 154 Å². The molecule has 11 heteroatoms. The highest BCUT2D eigenvalue weighted by molar-refractivity contribution is 7.92. The maximum absolute atomic E-state index is 13.4. The minimum atomic E-state index is -3.36. The molecule has 10 nitrogen and oxygen atoms in total. The summed E-state index contributed by atoms with van der Waals surface area (Å²) < 4.78 is 35.5. The predicted octanol–water partition coefficient (Wildman–Crippen LogP) is 3.12. The summed E-state index contributed by atoms with van der Waals surface area (Å²) in [6.45, 7) is 8.99. The molecule has 0 unspecified atom stereocenters. The standard InChI is InChI=1S/C29H39N3O7S/c1-19(2)40(36,37)23-12-10-22(11-13-23)21-8-6-20(7-9-21)18-24(25(30)33)31-26(34)29(14-16-38-17-15-29)32-27(35)39-28(3,4)5/h6-13,19,24H,14-18H2,1-5H3,(H2,30,33)(H,31,34)(H,32,35)/t24-/m0/s1. The number of rotatable bonds is 9. The SMILES string of the molecule is CC(C)S(=O)(=O)c1ccc(-c2ccc(C[C@H](NC(=O)C3(NC(=O)OC(C)(C)C)CCOCC3)C(N)=O)cc2)cc1. The van der Waals surface area contributed by atoms with Crippen LogP contribution in [0.25, 0.3) is 11.1 Å². The van der Waals surface area contributed by atoms with Gasteiger partial charge in [0.1, 0.15) is 17.2 Å². The molecule has 1 fully saturated rings. The molecule has 0 aromatic heterocycles. The molecular weight excluding hydrogens is 534 g/mol. The zero-order valence-corrected chi connectivity index (χ0v) is 24.5. The van der Waals surface area contributed by atoms with E-state index in [0.717, 1.165) is 16.7 Å². The second-order valence-corrected chi connectivity index (χ2v) is 13.8. The van der Waals surface area contributed by atoms with Crippen LogP contribution in [0.4, 0.5) is 4.79 Å². The lowest BCUT2D eigenvalue weighted by Crippen LogP contribution is -2.64. The van der Waals surface area contributed by atoms with E-state index >= 15 is 0 Å². The fourth-order valence-electron chi connectivity index (χ4n) is 4.33. The van der Waals surface area contributed by atoms with E-state index < -0.39 is 50.2 Å². The second kappa shape index (κ2) is 12.4. The highest BCUT2D eigenvalue weighted by Gasteiger charge is 2.43. The van der Waals surface area contributed by atoms with Crippen LogP contribution in [0.2, 0.25) is 0 Å². The van der Waals surface area contributed by atoms with Crippen molar-refractivity contribution < 1.29 is 32.3 Å². The first-order valence-corrected chi connectivity index (χ1v) is 14.8. The molecule has 2 aromatic carbocycles. The maximum Gasteiger partial charge on any atom is 0.408 e. The van der Waals surface area contributed by atoms with Crippen molar-refractivity contribution in [3.05, 3.63) is 54.1 Å². The molecule has 218 valence electrons. The van der Waals surface area contributed by atoms with Crippen molar-refractivity contribution in [2.45, 2.75) is 81.2 Å². The Morgan fingerprint density at radius 2 is 1.50 bits per heavy atom. The van der Waals surface area contributed by atoms with Gasteiger partial charge >= 0.3 is 6.09 Å². The van der Waals surface area contributed by atoms with Gasteiger partial charge < -0.3 is 25.8 Å². The summed E-state index contributed by atoms with van der Waals surface area (Å²) in [6.07, 6.45) is -0.151. The lowest BCUT2D eigenvalue weighted by molar-refractivity contribution is -0.135. The number of ether oxygens (including phenoxy) is 2. The van der Waals surface area contributed by atoms with E-state index in [1.165, 1.54) is 0 Å². The molecule has 3 amide bonds. The number of sulfone groups is 1. The van der Waals surface area contributed by atoms with Crippen LogP contribution >= 0.6 is 0 Å². The van der Waals surface area contributed by atoms with Gasteiger partial charge in [-0.05, 0) is 63.4 Å². The van der Waals surface area contributed by atoms with Crippen LogP contribution in [0, 0.1) is 0 Å². The van der Waals surface area contributed by atoms with Gasteiger partial charge in [-0.2, -0.15) is 0 Å². The van der Waals surface area contributed by atoms with E-state index in [1.54, 1.807) is 58.9 Å². The lowest BCUT2D eigenvalue weighted by Gasteiger charge is -2.37. The van der Waals surface area contributed by atoms with E-state index in [0.29, 0.717) is 0 Å². The average molecular weight is 574 g/mol. The Morgan fingerprint density at radius 1 is 0.975 bits per heavy atom. The van der Waals surface area contributed by atoms with Gasteiger partial charge in [-0.25, -0.2) is 13.2 Å².